The molecule has 0 unspecified atom stereocenters. The van der Waals surface area contributed by atoms with Crippen molar-refractivity contribution in [3.05, 3.63) is 64.7 Å². The van der Waals surface area contributed by atoms with Gasteiger partial charge in [-0.2, -0.15) is 26.3 Å². The minimum Gasteiger partial charge on any atom is -0.484 e. The molecule has 0 atom stereocenters. The van der Waals surface area contributed by atoms with E-state index in [4.69, 9.17) is 19.1 Å². The van der Waals surface area contributed by atoms with Crippen molar-refractivity contribution < 1.29 is 50.3 Å². The molecular formula is C29H34F6N4O5. The van der Waals surface area contributed by atoms with E-state index in [1.165, 1.54) is 0 Å². The molecule has 2 aliphatic rings. The minimum absolute atomic E-state index is 0.0545. The molecule has 242 valence electrons. The Morgan fingerprint density at radius 3 is 2.16 bits per heavy atom. The fourth-order valence-corrected chi connectivity index (χ4v) is 4.61. The van der Waals surface area contributed by atoms with Gasteiger partial charge in [0.05, 0.1) is 30.4 Å². The highest BCUT2D eigenvalue weighted by Crippen LogP contribution is 2.36. The maximum Gasteiger partial charge on any atom is 0.416 e. The molecule has 9 nitrogen and oxygen atoms in total. The molecular weight excluding hydrogens is 598 g/mol. The zero-order valence-corrected chi connectivity index (χ0v) is 24.0. The van der Waals surface area contributed by atoms with Crippen LogP contribution in [0.1, 0.15) is 35.1 Å². The second kappa shape index (κ2) is 15.1. The Bertz CT molecular complexity index is 1230. The number of nitrogens with one attached hydrogen (secondary N) is 1. The van der Waals surface area contributed by atoms with Gasteiger partial charge in [-0.05, 0) is 67.9 Å². The third kappa shape index (κ3) is 10.4. The lowest BCUT2D eigenvalue weighted by Gasteiger charge is -2.28. The molecule has 2 aromatic rings. The van der Waals surface area contributed by atoms with E-state index in [1.54, 1.807) is 24.3 Å². The molecule has 0 saturated carbocycles. The summed E-state index contributed by atoms with van der Waals surface area (Å²) in [7, 11) is 2.02. The number of hydrogen-bond donors (Lipinski definition) is 1. The van der Waals surface area contributed by atoms with Gasteiger partial charge in [0.25, 0.3) is 5.91 Å². The summed E-state index contributed by atoms with van der Waals surface area (Å²) >= 11 is 0. The number of likely N-dealkylation sites (tertiary alicyclic amines) is 1. The Balaban J connectivity index is 1.39. The monoisotopic (exact) mass is 632 g/mol. The van der Waals surface area contributed by atoms with Gasteiger partial charge in [0.2, 0.25) is 0 Å². The van der Waals surface area contributed by atoms with E-state index in [-0.39, 0.29) is 30.9 Å². The van der Waals surface area contributed by atoms with Gasteiger partial charge in [-0.25, -0.2) is 5.48 Å². The summed E-state index contributed by atoms with van der Waals surface area (Å²) in [5, 5.41) is 4.09. The van der Waals surface area contributed by atoms with Crippen molar-refractivity contribution in [1.29, 1.82) is 0 Å². The molecule has 0 aromatic heterocycles. The highest BCUT2D eigenvalue weighted by Gasteiger charge is 2.37. The van der Waals surface area contributed by atoms with Crippen molar-refractivity contribution in [2.24, 2.45) is 5.16 Å². The van der Waals surface area contributed by atoms with Crippen molar-refractivity contribution in [2.75, 3.05) is 59.6 Å². The van der Waals surface area contributed by atoms with Gasteiger partial charge in [0.1, 0.15) is 18.1 Å². The second-order valence-corrected chi connectivity index (χ2v) is 10.6. The molecule has 0 radical (unpaired) electrons. The number of ether oxygens (including phenoxy) is 2. The molecule has 1 amide bonds. The molecule has 2 saturated heterocycles. The normalized spacial score (nSPS) is 17.8. The second-order valence-electron chi connectivity index (χ2n) is 10.6. The van der Waals surface area contributed by atoms with Crippen molar-refractivity contribution in [3.8, 4) is 5.75 Å². The number of hydrogen-bond acceptors (Lipinski definition) is 8. The van der Waals surface area contributed by atoms with Crippen LogP contribution in [-0.4, -0.2) is 87.1 Å². The van der Waals surface area contributed by atoms with E-state index in [2.05, 4.69) is 15.5 Å². The molecule has 2 aromatic carbocycles. The fraction of sp³-hybridized carbons (Fsp3) is 0.517. The maximum absolute atomic E-state index is 13.2. The minimum atomic E-state index is -4.97. The molecule has 0 aliphatic carbocycles. The molecule has 0 spiro atoms. The summed E-state index contributed by atoms with van der Waals surface area (Å²) in [5.74, 6) is -0.0577. The first-order valence-corrected chi connectivity index (χ1v) is 14.0. The van der Waals surface area contributed by atoms with Gasteiger partial charge in [-0.15, -0.1) is 0 Å². The third-order valence-electron chi connectivity index (χ3n) is 7.09. The van der Waals surface area contributed by atoms with Crippen LogP contribution in [0, 0.1) is 0 Å². The van der Waals surface area contributed by atoms with E-state index >= 15 is 0 Å². The van der Waals surface area contributed by atoms with E-state index in [9.17, 15) is 31.1 Å². The Morgan fingerprint density at radius 2 is 1.57 bits per heavy atom. The van der Waals surface area contributed by atoms with Gasteiger partial charge < -0.3 is 19.2 Å². The molecule has 44 heavy (non-hydrogen) atoms. The number of halogens is 6. The highest BCUT2D eigenvalue weighted by molar-refractivity contribution is 6.01. The van der Waals surface area contributed by atoms with Crippen molar-refractivity contribution in [3.63, 3.8) is 0 Å². The van der Waals surface area contributed by atoms with Crippen LogP contribution in [0.15, 0.2) is 47.6 Å². The summed E-state index contributed by atoms with van der Waals surface area (Å²) in [5.41, 5.74) is 0.201. The maximum atomic E-state index is 13.2. The van der Waals surface area contributed by atoms with Gasteiger partial charge in [0.15, 0.2) is 6.61 Å². The lowest BCUT2D eigenvalue weighted by atomic mass is 10.1. The van der Waals surface area contributed by atoms with Gasteiger partial charge >= 0.3 is 12.4 Å². The molecule has 15 heteroatoms. The predicted octanol–water partition coefficient (Wildman–Crippen LogP) is 4.50. The number of carbonyl (C=O) groups is 1. The number of rotatable bonds is 11. The summed E-state index contributed by atoms with van der Waals surface area (Å²) in [6.45, 7) is 3.34. The van der Waals surface area contributed by atoms with Gasteiger partial charge in [-0.1, -0.05) is 5.16 Å². The zero-order valence-electron chi connectivity index (χ0n) is 24.0. The summed E-state index contributed by atoms with van der Waals surface area (Å²) in [6.07, 6.45) is -8.37. The van der Waals surface area contributed by atoms with Crippen LogP contribution in [0.25, 0.3) is 0 Å². The van der Waals surface area contributed by atoms with E-state index in [0.29, 0.717) is 55.5 Å². The fourth-order valence-electron chi connectivity index (χ4n) is 4.61. The summed E-state index contributed by atoms with van der Waals surface area (Å²) < 4.78 is 90.3. The lowest BCUT2D eigenvalue weighted by Crippen LogP contribution is -2.39. The molecule has 2 heterocycles. The third-order valence-corrected chi connectivity index (χ3v) is 7.09. The lowest BCUT2D eigenvalue weighted by molar-refractivity contribution is -0.143. The first kappa shape index (κ1) is 33.5. The average molecular weight is 633 g/mol. The predicted molar refractivity (Wildman–Crippen MR) is 147 cm³/mol. The van der Waals surface area contributed by atoms with Crippen LogP contribution >= 0.6 is 0 Å². The SMILES string of the molecule is CN1CCC(ONC(=O)COc2ccc(C(CN3CCOCC3)=NOCc3cc(C(F)(F)F)cc(C(F)(F)F)c3)cc2)CC1. The Kier molecular flexibility index (Phi) is 11.5. The Hall–Kier alpha value is -3.40. The van der Waals surface area contributed by atoms with Crippen LogP contribution in [0.2, 0.25) is 0 Å². The number of hydroxylamine groups is 1. The Labute approximate surface area is 250 Å². The first-order chi connectivity index (χ1) is 20.9. The largest absolute Gasteiger partial charge is 0.484 e. The Morgan fingerprint density at radius 1 is 0.955 bits per heavy atom. The highest BCUT2D eigenvalue weighted by atomic mass is 19.4. The van der Waals surface area contributed by atoms with Crippen LogP contribution < -0.4 is 10.2 Å². The van der Waals surface area contributed by atoms with Crippen molar-refractivity contribution in [2.45, 2.75) is 37.9 Å². The van der Waals surface area contributed by atoms with Crippen LogP contribution in [0.3, 0.4) is 0 Å². The van der Waals surface area contributed by atoms with Gasteiger partial charge in [-0.3, -0.25) is 14.5 Å². The standard InChI is InChI=1S/C29H34F6N4O5/c1-38-8-6-25(7-9-38)44-37-27(40)19-42-24-4-2-21(3-5-24)26(17-39-10-12-41-13-11-39)36-43-18-20-14-22(28(30,31)32)16-23(15-20)29(33,34)35/h2-5,14-16,25H,6-13,17-19H2,1H3,(H,37,40). The molecule has 0 bridgehead atoms. The van der Waals surface area contributed by atoms with Gasteiger partial charge in [0, 0.05) is 38.3 Å². The summed E-state index contributed by atoms with van der Waals surface area (Å²) in [4.78, 5) is 27.1. The number of piperidine rings is 1. The van der Waals surface area contributed by atoms with Crippen LogP contribution in [0.4, 0.5) is 26.3 Å². The number of morpholine rings is 1. The zero-order chi connectivity index (χ0) is 31.7. The van der Waals surface area contributed by atoms with Crippen molar-refractivity contribution in [1.82, 2.24) is 15.3 Å². The molecule has 1 N–H and O–H groups in total. The van der Waals surface area contributed by atoms with Crippen LogP contribution in [0.5, 0.6) is 5.75 Å². The van der Waals surface area contributed by atoms with E-state index in [0.717, 1.165) is 25.9 Å². The van der Waals surface area contributed by atoms with Crippen LogP contribution in [-0.2, 0) is 38.2 Å². The van der Waals surface area contributed by atoms with E-state index < -0.39 is 36.0 Å². The first-order valence-electron chi connectivity index (χ1n) is 14.0. The quantitative estimate of drug-likeness (QED) is 0.222. The number of nitrogens with zero attached hydrogens (tertiary/aromatic N) is 3. The number of carbonyl (C=O) groups excluding carboxylic acids is 1. The molecule has 4 rings (SSSR count). The number of oxime groups is 1. The number of alkyl halides is 6. The molecule has 2 aliphatic heterocycles. The van der Waals surface area contributed by atoms with E-state index in [1.807, 2.05) is 11.9 Å². The van der Waals surface area contributed by atoms with Crippen molar-refractivity contribution >= 4 is 11.6 Å². The number of amides is 1. The number of benzene rings is 2. The topological polar surface area (TPSA) is 84.9 Å². The summed E-state index contributed by atoms with van der Waals surface area (Å²) in [6, 6.07) is 7.82. The average Bonchev–Trinajstić information content (AvgIpc) is 2.99. The smallest absolute Gasteiger partial charge is 0.416 e. The molecule has 2 fully saturated rings.